The fraction of sp³-hybridized carbons (Fsp3) is 0.529. The fourth-order valence-corrected chi connectivity index (χ4v) is 3.50. The average molecular weight is 305 g/mol. The average Bonchev–Trinajstić information content (AvgIpc) is 2.95. The molecule has 21 heavy (non-hydrogen) atoms. The van der Waals surface area contributed by atoms with Gasteiger partial charge >= 0.3 is 0 Å². The van der Waals surface area contributed by atoms with Crippen molar-refractivity contribution in [2.45, 2.75) is 19.8 Å². The van der Waals surface area contributed by atoms with Crippen LogP contribution in [0.4, 0.5) is 0 Å². The molecule has 1 aliphatic heterocycles. The van der Waals surface area contributed by atoms with Crippen molar-refractivity contribution in [2.75, 3.05) is 39.5 Å². The van der Waals surface area contributed by atoms with Gasteiger partial charge < -0.3 is 9.47 Å². The molecule has 2 heterocycles. The Bertz CT molecular complexity index is 575. The molecule has 1 aromatic heterocycles. The van der Waals surface area contributed by atoms with Crippen molar-refractivity contribution >= 4 is 21.4 Å². The molecule has 0 aliphatic carbocycles. The zero-order chi connectivity index (χ0) is 14.5. The predicted octanol–water partition coefficient (Wildman–Crippen LogP) is 3.70. The van der Waals surface area contributed by atoms with Gasteiger partial charge in [0.05, 0.1) is 19.8 Å². The highest BCUT2D eigenvalue weighted by Gasteiger charge is 2.09. The van der Waals surface area contributed by atoms with Crippen LogP contribution in [0.2, 0.25) is 0 Å². The van der Waals surface area contributed by atoms with Crippen LogP contribution in [0, 0.1) is 6.92 Å². The van der Waals surface area contributed by atoms with E-state index in [1.54, 1.807) is 11.3 Å². The lowest BCUT2D eigenvalue weighted by Gasteiger charge is -2.26. The van der Waals surface area contributed by atoms with Gasteiger partial charge in [0.15, 0.2) is 0 Å². The summed E-state index contributed by atoms with van der Waals surface area (Å²) in [7, 11) is 0. The molecule has 0 amide bonds. The number of hydrogen-bond donors (Lipinski definition) is 0. The number of aryl methyl sites for hydroxylation is 1. The number of nitrogens with zero attached hydrogens (tertiary/aromatic N) is 1. The van der Waals surface area contributed by atoms with E-state index in [9.17, 15) is 0 Å². The molecule has 3 nitrogen and oxygen atoms in total. The van der Waals surface area contributed by atoms with E-state index < -0.39 is 0 Å². The van der Waals surface area contributed by atoms with E-state index in [-0.39, 0.29) is 0 Å². The third-order valence-electron chi connectivity index (χ3n) is 3.98. The van der Waals surface area contributed by atoms with Gasteiger partial charge in [-0.2, -0.15) is 0 Å². The Kier molecular flexibility index (Phi) is 5.12. The number of morpholine rings is 1. The van der Waals surface area contributed by atoms with Crippen LogP contribution < -0.4 is 4.74 Å². The summed E-state index contributed by atoms with van der Waals surface area (Å²) in [6, 6.07) is 6.56. The van der Waals surface area contributed by atoms with Crippen molar-refractivity contribution in [3.05, 3.63) is 29.1 Å². The standard InChI is InChI=1S/C17H23NO2S/c1-14-12-15-4-11-21-17(15)13-16(14)20-8-3-2-5-18-6-9-19-10-7-18/h4,11-13H,2-3,5-10H2,1H3. The molecule has 1 aliphatic rings. The molecule has 4 heteroatoms. The van der Waals surface area contributed by atoms with Gasteiger partial charge in [-0.3, -0.25) is 4.90 Å². The number of rotatable bonds is 6. The number of unbranched alkanes of at least 4 members (excludes halogenated alkanes) is 1. The molecule has 0 bridgehead atoms. The third-order valence-corrected chi connectivity index (χ3v) is 4.86. The Morgan fingerprint density at radius 2 is 2.10 bits per heavy atom. The van der Waals surface area contributed by atoms with Crippen molar-refractivity contribution < 1.29 is 9.47 Å². The van der Waals surface area contributed by atoms with Crippen molar-refractivity contribution in [2.24, 2.45) is 0 Å². The lowest BCUT2D eigenvalue weighted by Crippen LogP contribution is -2.36. The number of benzene rings is 1. The monoisotopic (exact) mass is 305 g/mol. The van der Waals surface area contributed by atoms with Crippen LogP contribution in [0.1, 0.15) is 18.4 Å². The van der Waals surface area contributed by atoms with Gasteiger partial charge in [0.2, 0.25) is 0 Å². The highest BCUT2D eigenvalue weighted by molar-refractivity contribution is 7.17. The molecule has 0 unspecified atom stereocenters. The molecule has 2 aromatic rings. The minimum atomic E-state index is 0.808. The van der Waals surface area contributed by atoms with Crippen molar-refractivity contribution in [3.63, 3.8) is 0 Å². The first kappa shape index (κ1) is 14.8. The molecule has 114 valence electrons. The first-order valence-electron chi connectivity index (χ1n) is 7.74. The summed E-state index contributed by atoms with van der Waals surface area (Å²) in [6.45, 7) is 8.02. The molecule has 0 saturated carbocycles. The minimum Gasteiger partial charge on any atom is -0.493 e. The van der Waals surface area contributed by atoms with Gasteiger partial charge in [-0.25, -0.2) is 0 Å². The van der Waals surface area contributed by atoms with Crippen molar-refractivity contribution in [3.8, 4) is 5.75 Å². The van der Waals surface area contributed by atoms with Crippen LogP contribution in [-0.2, 0) is 4.74 Å². The van der Waals surface area contributed by atoms with E-state index in [1.807, 2.05) is 0 Å². The summed E-state index contributed by atoms with van der Waals surface area (Å²) >= 11 is 1.77. The van der Waals surface area contributed by atoms with Crippen LogP contribution in [0.15, 0.2) is 23.6 Å². The number of ether oxygens (including phenoxy) is 2. The van der Waals surface area contributed by atoms with E-state index >= 15 is 0 Å². The van der Waals surface area contributed by atoms with E-state index in [4.69, 9.17) is 9.47 Å². The van der Waals surface area contributed by atoms with Crippen LogP contribution >= 0.6 is 11.3 Å². The lowest BCUT2D eigenvalue weighted by atomic mass is 10.1. The summed E-state index contributed by atoms with van der Waals surface area (Å²) in [6.07, 6.45) is 2.31. The normalized spacial score (nSPS) is 16.4. The first-order chi connectivity index (χ1) is 10.3. The fourth-order valence-electron chi connectivity index (χ4n) is 2.70. The van der Waals surface area contributed by atoms with Gasteiger partial charge in [0, 0.05) is 17.8 Å². The summed E-state index contributed by atoms with van der Waals surface area (Å²) in [5.41, 5.74) is 1.23. The highest BCUT2D eigenvalue weighted by Crippen LogP contribution is 2.29. The Hall–Kier alpha value is -1.10. The predicted molar refractivity (Wildman–Crippen MR) is 88.6 cm³/mol. The number of fused-ring (bicyclic) bond motifs is 1. The first-order valence-corrected chi connectivity index (χ1v) is 8.62. The maximum atomic E-state index is 5.97. The topological polar surface area (TPSA) is 21.7 Å². The summed E-state index contributed by atoms with van der Waals surface area (Å²) in [4.78, 5) is 2.48. The van der Waals surface area contributed by atoms with E-state index in [2.05, 4.69) is 35.4 Å². The summed E-state index contributed by atoms with van der Waals surface area (Å²) in [5, 5.41) is 3.45. The molecular formula is C17H23NO2S. The number of hydrogen-bond acceptors (Lipinski definition) is 4. The summed E-state index contributed by atoms with van der Waals surface area (Å²) in [5.74, 6) is 1.04. The molecule has 3 rings (SSSR count). The summed E-state index contributed by atoms with van der Waals surface area (Å²) < 4.78 is 12.6. The molecule has 0 radical (unpaired) electrons. The Labute approximate surface area is 130 Å². The second-order valence-electron chi connectivity index (χ2n) is 5.59. The van der Waals surface area contributed by atoms with Crippen LogP contribution in [0.25, 0.3) is 10.1 Å². The largest absolute Gasteiger partial charge is 0.493 e. The van der Waals surface area contributed by atoms with E-state index in [0.29, 0.717) is 0 Å². The van der Waals surface area contributed by atoms with Gasteiger partial charge in [0.1, 0.15) is 5.75 Å². The Morgan fingerprint density at radius 3 is 2.95 bits per heavy atom. The number of thiophene rings is 1. The molecule has 0 atom stereocenters. The van der Waals surface area contributed by atoms with Gasteiger partial charge in [-0.1, -0.05) is 0 Å². The molecule has 0 N–H and O–H groups in total. The molecule has 1 saturated heterocycles. The van der Waals surface area contributed by atoms with Crippen molar-refractivity contribution in [1.29, 1.82) is 0 Å². The third kappa shape index (κ3) is 3.96. The highest BCUT2D eigenvalue weighted by atomic mass is 32.1. The van der Waals surface area contributed by atoms with Crippen LogP contribution in [-0.4, -0.2) is 44.4 Å². The second kappa shape index (κ2) is 7.25. The maximum Gasteiger partial charge on any atom is 0.123 e. The van der Waals surface area contributed by atoms with E-state index in [0.717, 1.165) is 51.6 Å². The second-order valence-corrected chi connectivity index (χ2v) is 6.53. The van der Waals surface area contributed by atoms with Crippen LogP contribution in [0.3, 0.4) is 0 Å². The molecule has 1 aromatic carbocycles. The van der Waals surface area contributed by atoms with Gasteiger partial charge in [-0.15, -0.1) is 11.3 Å². The lowest BCUT2D eigenvalue weighted by molar-refractivity contribution is 0.0368. The Balaban J connectivity index is 1.42. The molecule has 0 spiro atoms. The van der Waals surface area contributed by atoms with Gasteiger partial charge in [-0.05, 0) is 60.8 Å². The smallest absolute Gasteiger partial charge is 0.123 e. The quantitative estimate of drug-likeness (QED) is 0.760. The van der Waals surface area contributed by atoms with Gasteiger partial charge in [0.25, 0.3) is 0 Å². The molecular weight excluding hydrogens is 282 g/mol. The van der Waals surface area contributed by atoms with Crippen LogP contribution in [0.5, 0.6) is 5.75 Å². The van der Waals surface area contributed by atoms with Crippen molar-refractivity contribution in [1.82, 2.24) is 4.90 Å². The SMILES string of the molecule is Cc1cc2ccsc2cc1OCCCCN1CCOCC1. The molecule has 1 fully saturated rings. The Morgan fingerprint density at radius 1 is 1.24 bits per heavy atom. The minimum absolute atomic E-state index is 0.808. The maximum absolute atomic E-state index is 5.97. The zero-order valence-electron chi connectivity index (χ0n) is 12.6. The van der Waals surface area contributed by atoms with E-state index in [1.165, 1.54) is 22.1 Å². The zero-order valence-corrected chi connectivity index (χ0v) is 13.5.